The van der Waals surface area contributed by atoms with E-state index in [1.165, 1.54) is 0 Å². The summed E-state index contributed by atoms with van der Waals surface area (Å²) < 4.78 is 16.2. The van der Waals surface area contributed by atoms with Crippen LogP contribution >= 0.6 is 12.2 Å². The van der Waals surface area contributed by atoms with Crippen LogP contribution in [0.1, 0.15) is 51.7 Å². The molecular formula is C27H37N3O5S. The second-order valence-electron chi connectivity index (χ2n) is 9.38. The lowest BCUT2D eigenvalue weighted by Gasteiger charge is -2.25. The second-order valence-corrected chi connectivity index (χ2v) is 9.79. The highest BCUT2D eigenvalue weighted by Crippen LogP contribution is 2.20. The minimum Gasteiger partial charge on any atom is -0.494 e. The Hall–Kier alpha value is -3.33. The third-order valence-corrected chi connectivity index (χ3v) is 5.13. The molecule has 0 bridgehead atoms. The van der Waals surface area contributed by atoms with Crippen molar-refractivity contribution in [2.45, 2.75) is 65.5 Å². The van der Waals surface area contributed by atoms with Crippen molar-refractivity contribution in [1.29, 1.82) is 0 Å². The molecule has 2 rings (SSSR count). The summed E-state index contributed by atoms with van der Waals surface area (Å²) in [4.78, 5) is 24.4. The highest BCUT2D eigenvalue weighted by Gasteiger charge is 2.26. The van der Waals surface area contributed by atoms with E-state index in [2.05, 4.69) is 10.6 Å². The van der Waals surface area contributed by atoms with Gasteiger partial charge in [0.05, 0.1) is 24.6 Å². The number of anilines is 2. The number of carbonyl (C=O) groups excluding carboxylic acids is 2. The van der Waals surface area contributed by atoms with Crippen LogP contribution in [0.2, 0.25) is 0 Å². The molecule has 0 aromatic heterocycles. The van der Waals surface area contributed by atoms with Gasteiger partial charge in [0.1, 0.15) is 17.4 Å². The number of ether oxygens (including phenoxy) is 3. The van der Waals surface area contributed by atoms with Crippen molar-refractivity contribution >= 4 is 40.6 Å². The maximum absolute atomic E-state index is 12.9. The molecule has 0 aliphatic carbocycles. The number of hydrogen-bond donors (Lipinski definition) is 3. The lowest BCUT2D eigenvalue weighted by Crippen LogP contribution is -2.47. The standard InChI is InChI=1S/C27H37N3O5S/c1-6-33-24(31)8-7-15-34-20-12-10-19(11-13-20)17-23(25(32)35-27(3,4)5)30-26(36)29-22-14-9-18(2)16-21(22)28/h9-14,16,23H,6-8,15,17,28H2,1-5H3,(H2,29,30,36)/t23-/m0/s1. The molecule has 0 radical (unpaired) electrons. The van der Waals surface area contributed by atoms with Crippen molar-refractivity contribution in [2.24, 2.45) is 0 Å². The molecule has 0 amide bonds. The van der Waals surface area contributed by atoms with Gasteiger partial charge < -0.3 is 30.6 Å². The number of esters is 2. The van der Waals surface area contributed by atoms with Crippen molar-refractivity contribution in [2.75, 3.05) is 24.3 Å². The summed E-state index contributed by atoms with van der Waals surface area (Å²) in [5.41, 5.74) is 8.59. The summed E-state index contributed by atoms with van der Waals surface area (Å²) in [5.74, 6) is 0.0360. The summed E-state index contributed by atoms with van der Waals surface area (Å²) in [6, 6.07) is 12.3. The monoisotopic (exact) mass is 515 g/mol. The Bertz CT molecular complexity index is 1030. The third-order valence-electron chi connectivity index (χ3n) is 4.91. The maximum Gasteiger partial charge on any atom is 0.329 e. The number of benzene rings is 2. The average molecular weight is 516 g/mol. The number of aryl methyl sites for hydroxylation is 1. The van der Waals surface area contributed by atoms with Crippen LogP contribution in [-0.2, 0) is 25.5 Å². The topological polar surface area (TPSA) is 112 Å². The molecular weight excluding hydrogens is 478 g/mol. The SMILES string of the molecule is CCOC(=O)CCCOc1ccc(C[C@H](NC(=S)Nc2ccc(C)cc2N)C(=O)OC(C)(C)C)cc1. The van der Waals surface area contributed by atoms with Crippen molar-refractivity contribution in [3.63, 3.8) is 0 Å². The molecule has 36 heavy (non-hydrogen) atoms. The maximum atomic E-state index is 12.9. The molecule has 0 aliphatic heterocycles. The zero-order valence-corrected chi connectivity index (χ0v) is 22.5. The normalized spacial score (nSPS) is 11.8. The molecule has 2 aromatic carbocycles. The highest BCUT2D eigenvalue weighted by atomic mass is 32.1. The van der Waals surface area contributed by atoms with E-state index < -0.39 is 17.6 Å². The lowest BCUT2D eigenvalue weighted by atomic mass is 10.1. The Morgan fingerprint density at radius 3 is 2.42 bits per heavy atom. The fourth-order valence-electron chi connectivity index (χ4n) is 3.28. The molecule has 0 saturated heterocycles. The Kier molecular flexibility index (Phi) is 11.0. The van der Waals surface area contributed by atoms with Gasteiger partial charge in [0.15, 0.2) is 5.11 Å². The molecule has 196 valence electrons. The van der Waals surface area contributed by atoms with Crippen LogP contribution in [0.5, 0.6) is 5.75 Å². The van der Waals surface area contributed by atoms with Crippen molar-refractivity contribution in [3.05, 3.63) is 53.6 Å². The van der Waals surface area contributed by atoms with Crippen LogP contribution < -0.4 is 21.1 Å². The number of hydrogen-bond acceptors (Lipinski definition) is 7. The molecule has 0 heterocycles. The van der Waals surface area contributed by atoms with E-state index in [9.17, 15) is 9.59 Å². The first-order chi connectivity index (χ1) is 17.0. The van der Waals surface area contributed by atoms with Gasteiger partial charge >= 0.3 is 11.9 Å². The predicted molar refractivity (Wildman–Crippen MR) is 146 cm³/mol. The van der Waals surface area contributed by atoms with E-state index in [1.807, 2.05) is 70.2 Å². The van der Waals surface area contributed by atoms with Gasteiger partial charge in [-0.25, -0.2) is 4.79 Å². The quantitative estimate of drug-likeness (QED) is 0.172. The van der Waals surface area contributed by atoms with E-state index in [1.54, 1.807) is 6.92 Å². The molecule has 0 aliphatic rings. The third kappa shape index (κ3) is 10.5. The van der Waals surface area contributed by atoms with E-state index in [4.69, 9.17) is 32.2 Å². The predicted octanol–water partition coefficient (Wildman–Crippen LogP) is 4.54. The van der Waals surface area contributed by atoms with Gasteiger partial charge in [-0.05, 0) is 88.6 Å². The summed E-state index contributed by atoms with van der Waals surface area (Å²) in [6.07, 6.45) is 1.24. The number of nitrogens with one attached hydrogen (secondary N) is 2. The fourth-order valence-corrected chi connectivity index (χ4v) is 3.53. The molecule has 0 spiro atoms. The van der Waals surface area contributed by atoms with Gasteiger partial charge in [-0.3, -0.25) is 4.79 Å². The molecule has 0 unspecified atom stereocenters. The van der Waals surface area contributed by atoms with Gasteiger partial charge in [-0.1, -0.05) is 18.2 Å². The zero-order valence-electron chi connectivity index (χ0n) is 21.7. The summed E-state index contributed by atoms with van der Waals surface area (Å²) in [6.45, 7) is 9.97. The molecule has 1 atom stereocenters. The Balaban J connectivity index is 2.01. The van der Waals surface area contributed by atoms with Crippen molar-refractivity contribution < 1.29 is 23.8 Å². The Morgan fingerprint density at radius 2 is 1.81 bits per heavy atom. The zero-order chi connectivity index (χ0) is 26.7. The largest absolute Gasteiger partial charge is 0.494 e. The van der Waals surface area contributed by atoms with Gasteiger partial charge in [-0.2, -0.15) is 0 Å². The van der Waals surface area contributed by atoms with Crippen LogP contribution in [0.25, 0.3) is 0 Å². The van der Waals surface area contributed by atoms with E-state index in [-0.39, 0.29) is 11.1 Å². The minimum absolute atomic E-state index is 0.227. The van der Waals surface area contributed by atoms with Crippen LogP contribution in [0.4, 0.5) is 11.4 Å². The van der Waals surface area contributed by atoms with Crippen LogP contribution in [0.3, 0.4) is 0 Å². The first-order valence-corrected chi connectivity index (χ1v) is 12.4. The average Bonchev–Trinajstić information content (AvgIpc) is 2.78. The highest BCUT2D eigenvalue weighted by molar-refractivity contribution is 7.80. The van der Waals surface area contributed by atoms with Crippen LogP contribution in [-0.4, -0.2) is 41.9 Å². The Morgan fingerprint density at radius 1 is 1.11 bits per heavy atom. The number of thiocarbonyl (C=S) groups is 1. The van der Waals surface area contributed by atoms with Gasteiger partial charge in [0.2, 0.25) is 0 Å². The lowest BCUT2D eigenvalue weighted by molar-refractivity contribution is -0.157. The molecule has 0 saturated carbocycles. The summed E-state index contributed by atoms with van der Waals surface area (Å²) >= 11 is 5.46. The first-order valence-electron chi connectivity index (χ1n) is 12.0. The minimum atomic E-state index is -0.716. The van der Waals surface area contributed by atoms with E-state index >= 15 is 0 Å². The van der Waals surface area contributed by atoms with Gasteiger partial charge in [0.25, 0.3) is 0 Å². The number of carbonyl (C=O) groups is 2. The Labute approximate surface area is 218 Å². The van der Waals surface area contributed by atoms with E-state index in [0.717, 1.165) is 11.1 Å². The number of rotatable bonds is 11. The van der Waals surface area contributed by atoms with Crippen LogP contribution in [0.15, 0.2) is 42.5 Å². The number of nitrogens with two attached hydrogens (primary N) is 1. The van der Waals surface area contributed by atoms with Crippen molar-refractivity contribution in [1.82, 2.24) is 5.32 Å². The van der Waals surface area contributed by atoms with Gasteiger partial charge in [-0.15, -0.1) is 0 Å². The molecule has 0 fully saturated rings. The summed E-state index contributed by atoms with van der Waals surface area (Å²) in [5, 5.41) is 6.40. The van der Waals surface area contributed by atoms with Crippen LogP contribution in [0, 0.1) is 6.92 Å². The van der Waals surface area contributed by atoms with Crippen molar-refractivity contribution in [3.8, 4) is 5.75 Å². The molecule has 9 heteroatoms. The van der Waals surface area contributed by atoms with Gasteiger partial charge in [0, 0.05) is 12.8 Å². The first kappa shape index (κ1) is 28.9. The summed E-state index contributed by atoms with van der Waals surface area (Å²) in [7, 11) is 0. The molecule has 2 aromatic rings. The smallest absolute Gasteiger partial charge is 0.329 e. The fraction of sp³-hybridized carbons (Fsp3) is 0.444. The second kappa shape index (κ2) is 13.7. The molecule has 8 nitrogen and oxygen atoms in total. The number of nitrogen functional groups attached to an aromatic ring is 1. The van der Waals surface area contributed by atoms with E-state index in [0.29, 0.717) is 49.6 Å². The molecule has 4 N–H and O–H groups in total.